The lowest BCUT2D eigenvalue weighted by Crippen LogP contribution is -2.58. The minimum Gasteiger partial charge on any atom is -0.394 e. The third-order valence-corrected chi connectivity index (χ3v) is 11.8. The van der Waals surface area contributed by atoms with Crippen LogP contribution < -0.4 is 0 Å². The van der Waals surface area contributed by atoms with Crippen LogP contribution in [-0.2, 0) is 25.7 Å². The maximum absolute atomic E-state index is 14.7. The van der Waals surface area contributed by atoms with Crippen molar-refractivity contribution in [1.82, 2.24) is 19.6 Å². The van der Waals surface area contributed by atoms with Crippen LogP contribution in [0, 0.1) is 17.8 Å². The molecule has 6 atom stereocenters. The highest BCUT2D eigenvalue weighted by molar-refractivity contribution is 8.02. The van der Waals surface area contributed by atoms with Gasteiger partial charge in [0.15, 0.2) is 0 Å². The Morgan fingerprint density at radius 3 is 2.33 bits per heavy atom. The van der Waals surface area contributed by atoms with Crippen molar-refractivity contribution < 1.29 is 24.2 Å². The van der Waals surface area contributed by atoms with Crippen LogP contribution in [0.5, 0.6) is 0 Å². The number of benzene rings is 1. The minimum absolute atomic E-state index is 0.0564. The third kappa shape index (κ3) is 5.24. The van der Waals surface area contributed by atoms with Crippen molar-refractivity contribution in [2.24, 2.45) is 17.8 Å². The highest BCUT2D eigenvalue weighted by atomic mass is 32.2. The van der Waals surface area contributed by atoms with Gasteiger partial charge in [-0.25, -0.2) is 0 Å². The molecule has 232 valence electrons. The van der Waals surface area contributed by atoms with Gasteiger partial charge in [-0.3, -0.25) is 19.3 Å². The van der Waals surface area contributed by atoms with E-state index in [0.717, 1.165) is 25.2 Å². The van der Waals surface area contributed by atoms with Crippen molar-refractivity contribution in [2.45, 2.75) is 48.9 Å². The molecule has 0 saturated carbocycles. The normalized spacial score (nSPS) is 33.5. The fourth-order valence-electron chi connectivity index (χ4n) is 7.77. The fourth-order valence-corrected chi connectivity index (χ4v) is 9.91. The van der Waals surface area contributed by atoms with E-state index >= 15 is 0 Å². The number of hydrogen-bond donors (Lipinski definition) is 1. The van der Waals surface area contributed by atoms with Crippen molar-refractivity contribution in [3.8, 4) is 0 Å². The Bertz CT molecular complexity index is 1280. The van der Waals surface area contributed by atoms with Crippen LogP contribution in [0.2, 0.25) is 0 Å². The van der Waals surface area contributed by atoms with Gasteiger partial charge in [0.2, 0.25) is 17.7 Å². The highest BCUT2D eigenvalue weighted by Crippen LogP contribution is 2.66. The number of likely N-dealkylation sites (tertiary alicyclic amines) is 1. The van der Waals surface area contributed by atoms with Gasteiger partial charge in [-0.2, -0.15) is 0 Å². The first kappa shape index (κ1) is 30.4. The first-order chi connectivity index (χ1) is 20.7. The van der Waals surface area contributed by atoms with Crippen molar-refractivity contribution in [2.75, 3.05) is 59.1 Å². The molecule has 6 rings (SSSR count). The number of aliphatic hydroxyl groups is 1. The maximum Gasteiger partial charge on any atom is 0.247 e. The number of hydrogen-bond acceptors (Lipinski definition) is 7. The molecule has 0 aromatic heterocycles. The van der Waals surface area contributed by atoms with Crippen molar-refractivity contribution in [3.63, 3.8) is 0 Å². The molecule has 0 aliphatic carbocycles. The maximum atomic E-state index is 14.7. The monoisotopic (exact) mass is 608 g/mol. The van der Waals surface area contributed by atoms with Gasteiger partial charge in [0, 0.05) is 50.6 Å². The summed E-state index contributed by atoms with van der Waals surface area (Å²) in [4.78, 5) is 51.5. The summed E-state index contributed by atoms with van der Waals surface area (Å²) >= 11 is 1.60. The van der Waals surface area contributed by atoms with E-state index < -0.39 is 33.4 Å². The van der Waals surface area contributed by atoms with E-state index in [1.807, 2.05) is 66.1 Å². The summed E-state index contributed by atoms with van der Waals surface area (Å²) < 4.78 is 3.92. The van der Waals surface area contributed by atoms with Gasteiger partial charge in [0.05, 0.1) is 42.4 Å². The number of aliphatic hydroxyl groups excluding tert-OH is 1. The lowest BCUT2D eigenvalue weighted by Gasteiger charge is -2.41. The van der Waals surface area contributed by atoms with E-state index in [9.17, 15) is 19.5 Å². The third-order valence-electron chi connectivity index (χ3n) is 9.98. The van der Waals surface area contributed by atoms with Crippen LogP contribution in [0.3, 0.4) is 0 Å². The summed E-state index contributed by atoms with van der Waals surface area (Å²) in [5, 5.41) is 10.6. The predicted octanol–water partition coefficient (Wildman–Crippen LogP) is 2.02. The molecule has 0 bridgehead atoms. The smallest absolute Gasteiger partial charge is 0.247 e. The van der Waals surface area contributed by atoms with Crippen molar-refractivity contribution in [3.05, 3.63) is 60.2 Å². The van der Waals surface area contributed by atoms with Gasteiger partial charge < -0.3 is 24.5 Å². The molecule has 0 radical (unpaired) electrons. The summed E-state index contributed by atoms with van der Waals surface area (Å²) in [6.45, 7) is 11.5. The average Bonchev–Trinajstić information content (AvgIpc) is 3.27. The highest BCUT2D eigenvalue weighted by Gasteiger charge is 2.74. The topological polar surface area (TPSA) is 93.6 Å². The molecule has 3 saturated heterocycles. The molecule has 1 unspecified atom stereocenters. The number of carbonyl (C=O) groups excluding carboxylic acids is 3. The molecule has 10 heteroatoms. The summed E-state index contributed by atoms with van der Waals surface area (Å²) in [6, 6.07) is 8.59. The van der Waals surface area contributed by atoms with Crippen LogP contribution >= 0.6 is 11.8 Å². The molecule has 9 nitrogen and oxygen atoms in total. The van der Waals surface area contributed by atoms with Gasteiger partial charge in [0.1, 0.15) is 6.04 Å². The number of nitrogens with zero attached hydrogens (tertiary/aromatic N) is 4. The molecule has 43 heavy (non-hydrogen) atoms. The van der Waals surface area contributed by atoms with Gasteiger partial charge in [-0.15, -0.1) is 11.8 Å². The number of fused-ring (bicyclic) bond motifs is 2. The van der Waals surface area contributed by atoms with Gasteiger partial charge in [-0.1, -0.05) is 68.5 Å². The first-order valence-electron chi connectivity index (χ1n) is 15.6. The average molecular weight is 609 g/mol. The molecule has 5 aliphatic rings. The Balaban J connectivity index is 1.38. The summed E-state index contributed by atoms with van der Waals surface area (Å²) in [5.74, 6) is -1.77. The number of morpholine rings is 1. The summed E-state index contributed by atoms with van der Waals surface area (Å²) in [5.41, 5.74) is 1.03. The Morgan fingerprint density at radius 1 is 0.930 bits per heavy atom. The number of carbonyl (C=O) groups is 3. The molecule has 1 aromatic rings. The quantitative estimate of drug-likeness (QED) is 0.452. The predicted molar refractivity (Wildman–Crippen MR) is 166 cm³/mol. The summed E-state index contributed by atoms with van der Waals surface area (Å²) in [6.07, 6.45) is 8.24. The zero-order valence-electron chi connectivity index (χ0n) is 25.4. The molecule has 5 heterocycles. The Morgan fingerprint density at radius 2 is 1.63 bits per heavy atom. The number of ether oxygens (including phenoxy) is 1. The minimum atomic E-state index is -0.917. The standard InChI is InChI=1S/C33H44N4O5S/c1-23(2)25(22-38)37-28-31(41)35(16-15-34-17-19-42-20-18-34)13-8-12-33(28)27(30(37)40)26-29(39)36(14-7-11-32(26,3)43-33)21-24-9-5-4-6-10-24/h4-12,23,25-28,38H,13-22H2,1-3H3/t25-,26-,27-,28?,32+,33-/m0/s1. The van der Waals surface area contributed by atoms with E-state index in [2.05, 4.69) is 24.0 Å². The zero-order valence-corrected chi connectivity index (χ0v) is 26.2. The molecule has 1 aromatic carbocycles. The van der Waals surface area contributed by atoms with Crippen LogP contribution in [0.1, 0.15) is 26.3 Å². The molecule has 3 fully saturated rings. The Labute approximate surface area is 258 Å². The van der Waals surface area contributed by atoms with Gasteiger partial charge in [-0.05, 0) is 18.4 Å². The number of rotatable bonds is 8. The molecule has 1 spiro atoms. The van der Waals surface area contributed by atoms with E-state index in [0.29, 0.717) is 39.4 Å². The summed E-state index contributed by atoms with van der Waals surface area (Å²) in [7, 11) is 0. The fraction of sp³-hybridized carbons (Fsp3) is 0.606. The van der Waals surface area contributed by atoms with E-state index in [-0.39, 0.29) is 30.2 Å². The van der Waals surface area contributed by atoms with E-state index in [1.165, 1.54) is 0 Å². The van der Waals surface area contributed by atoms with Crippen LogP contribution in [-0.4, -0.2) is 123 Å². The van der Waals surface area contributed by atoms with E-state index in [1.54, 1.807) is 16.7 Å². The zero-order chi connectivity index (χ0) is 30.4. The van der Waals surface area contributed by atoms with Gasteiger partial charge in [0.25, 0.3) is 0 Å². The van der Waals surface area contributed by atoms with Crippen LogP contribution in [0.25, 0.3) is 0 Å². The Hall–Kier alpha value is -2.66. The lowest BCUT2D eigenvalue weighted by molar-refractivity contribution is -0.148. The van der Waals surface area contributed by atoms with Crippen molar-refractivity contribution >= 4 is 29.5 Å². The van der Waals surface area contributed by atoms with Crippen LogP contribution in [0.4, 0.5) is 0 Å². The number of amides is 3. The Kier molecular flexibility index (Phi) is 8.49. The molecule has 5 aliphatic heterocycles. The number of thioether (sulfide) groups is 1. The first-order valence-corrected chi connectivity index (χ1v) is 16.4. The molecule has 3 amide bonds. The SMILES string of the molecule is CC(C)[C@H](CO)N1C(=O)[C@@H]2[C@H]3C(=O)N(Cc4ccccc4)CC=C[C@@]3(C)S[C@@]23C=CCN(CCN2CCOCC2)C(=O)C13. The second-order valence-electron chi connectivity index (χ2n) is 13.0. The molecular weight excluding hydrogens is 564 g/mol. The molecule has 1 N–H and O–H groups in total. The van der Waals surface area contributed by atoms with Crippen LogP contribution in [0.15, 0.2) is 54.6 Å². The second-order valence-corrected chi connectivity index (χ2v) is 14.8. The van der Waals surface area contributed by atoms with Gasteiger partial charge >= 0.3 is 0 Å². The van der Waals surface area contributed by atoms with Crippen molar-refractivity contribution in [1.29, 1.82) is 0 Å². The van der Waals surface area contributed by atoms with E-state index in [4.69, 9.17) is 4.74 Å². The lowest BCUT2D eigenvalue weighted by atomic mass is 9.74. The second kappa shape index (κ2) is 12.0. The molecular formula is C33H44N4O5S. The largest absolute Gasteiger partial charge is 0.394 e.